The molecule has 1 saturated heterocycles. The molecule has 0 aromatic carbocycles. The van der Waals surface area contributed by atoms with E-state index in [2.05, 4.69) is 6.92 Å². The molecular weight excluding hydrogens is 176 g/mol. The summed E-state index contributed by atoms with van der Waals surface area (Å²) in [5, 5.41) is 8.67. The highest BCUT2D eigenvalue weighted by molar-refractivity contribution is 5.03. The zero-order chi connectivity index (χ0) is 10.0. The Morgan fingerprint density at radius 3 is 2.93 bits per heavy atom. The predicted molar refractivity (Wildman–Crippen MR) is 56.2 cm³/mol. The zero-order valence-electron chi connectivity index (χ0n) is 9.17. The summed E-state index contributed by atoms with van der Waals surface area (Å²) in [4.78, 5) is 0. The second-order valence-electron chi connectivity index (χ2n) is 5.13. The van der Waals surface area contributed by atoms with Crippen LogP contribution in [-0.4, -0.2) is 23.4 Å². The van der Waals surface area contributed by atoms with Gasteiger partial charge in [-0.15, -0.1) is 0 Å². The Labute approximate surface area is 86.6 Å². The molecule has 0 radical (unpaired) electrons. The number of unbranched alkanes of at least 4 members (excludes halogenated alkanes) is 2. The molecule has 3 atom stereocenters. The van der Waals surface area contributed by atoms with E-state index in [1.807, 2.05) is 0 Å². The molecule has 1 saturated carbocycles. The standard InChI is InChI=1S/C12H22O2/c1-12-7-6-10(9-11(12)14-12)5-3-2-4-8-13/h10-11,13H,2-9H2,1H3. The third kappa shape index (κ3) is 2.29. The molecule has 3 unspecified atom stereocenters. The normalized spacial score (nSPS) is 40.7. The average Bonchev–Trinajstić information content (AvgIpc) is 2.84. The Kier molecular flexibility index (Phi) is 3.13. The minimum Gasteiger partial charge on any atom is -0.396 e. The fourth-order valence-corrected chi connectivity index (χ4v) is 2.70. The highest BCUT2D eigenvalue weighted by Gasteiger charge is 2.54. The number of rotatable bonds is 5. The number of aliphatic hydroxyl groups is 1. The number of hydrogen-bond donors (Lipinski definition) is 1. The molecule has 1 aliphatic carbocycles. The van der Waals surface area contributed by atoms with Crippen LogP contribution in [0.1, 0.15) is 51.9 Å². The predicted octanol–water partition coefficient (Wildman–Crippen LogP) is 2.50. The molecule has 0 aromatic heterocycles. The zero-order valence-corrected chi connectivity index (χ0v) is 9.17. The molecule has 2 aliphatic rings. The van der Waals surface area contributed by atoms with Crippen LogP contribution in [0.25, 0.3) is 0 Å². The molecule has 1 N–H and O–H groups in total. The van der Waals surface area contributed by atoms with Crippen molar-refractivity contribution in [3.8, 4) is 0 Å². The van der Waals surface area contributed by atoms with Gasteiger partial charge in [0.1, 0.15) is 0 Å². The lowest BCUT2D eigenvalue weighted by Gasteiger charge is -2.22. The maximum Gasteiger partial charge on any atom is 0.0920 e. The van der Waals surface area contributed by atoms with E-state index in [1.54, 1.807) is 0 Å². The van der Waals surface area contributed by atoms with E-state index in [4.69, 9.17) is 9.84 Å². The van der Waals surface area contributed by atoms with Crippen LogP contribution >= 0.6 is 0 Å². The summed E-state index contributed by atoms with van der Waals surface area (Å²) in [5.41, 5.74) is 0.279. The average molecular weight is 198 g/mol. The minimum absolute atomic E-state index is 0.279. The number of ether oxygens (including phenoxy) is 1. The second kappa shape index (κ2) is 4.19. The highest BCUT2D eigenvalue weighted by atomic mass is 16.6. The topological polar surface area (TPSA) is 32.8 Å². The fourth-order valence-electron chi connectivity index (χ4n) is 2.70. The van der Waals surface area contributed by atoms with Crippen LogP contribution in [0.2, 0.25) is 0 Å². The third-order valence-electron chi connectivity index (χ3n) is 3.90. The van der Waals surface area contributed by atoms with Crippen molar-refractivity contribution in [1.82, 2.24) is 0 Å². The van der Waals surface area contributed by atoms with E-state index in [0.717, 1.165) is 12.3 Å². The van der Waals surface area contributed by atoms with E-state index in [0.29, 0.717) is 12.7 Å². The molecule has 2 fully saturated rings. The minimum atomic E-state index is 0.279. The van der Waals surface area contributed by atoms with Gasteiger partial charge in [-0.3, -0.25) is 0 Å². The van der Waals surface area contributed by atoms with Gasteiger partial charge >= 0.3 is 0 Å². The van der Waals surface area contributed by atoms with Gasteiger partial charge in [-0.1, -0.05) is 19.3 Å². The van der Waals surface area contributed by atoms with Gasteiger partial charge in [0.05, 0.1) is 11.7 Å². The van der Waals surface area contributed by atoms with Gasteiger partial charge < -0.3 is 9.84 Å². The van der Waals surface area contributed by atoms with Crippen molar-refractivity contribution in [2.75, 3.05) is 6.61 Å². The second-order valence-corrected chi connectivity index (χ2v) is 5.13. The lowest BCUT2D eigenvalue weighted by molar-refractivity contribution is 0.274. The van der Waals surface area contributed by atoms with E-state index < -0.39 is 0 Å². The largest absolute Gasteiger partial charge is 0.396 e. The van der Waals surface area contributed by atoms with Crippen molar-refractivity contribution in [3.63, 3.8) is 0 Å². The molecular formula is C12H22O2. The molecule has 1 aliphatic heterocycles. The highest BCUT2D eigenvalue weighted by Crippen LogP contribution is 2.50. The van der Waals surface area contributed by atoms with Gasteiger partial charge in [-0.25, -0.2) is 0 Å². The van der Waals surface area contributed by atoms with Crippen LogP contribution in [0.5, 0.6) is 0 Å². The van der Waals surface area contributed by atoms with Gasteiger partial charge in [0.25, 0.3) is 0 Å². The van der Waals surface area contributed by atoms with Crippen molar-refractivity contribution in [2.24, 2.45) is 5.92 Å². The molecule has 0 bridgehead atoms. The van der Waals surface area contributed by atoms with Crippen molar-refractivity contribution < 1.29 is 9.84 Å². The van der Waals surface area contributed by atoms with Crippen molar-refractivity contribution >= 4 is 0 Å². The van der Waals surface area contributed by atoms with E-state index >= 15 is 0 Å². The van der Waals surface area contributed by atoms with Crippen LogP contribution in [0, 0.1) is 5.92 Å². The number of fused-ring (bicyclic) bond motifs is 1. The molecule has 0 spiro atoms. The molecule has 14 heavy (non-hydrogen) atoms. The fraction of sp³-hybridized carbons (Fsp3) is 1.00. The smallest absolute Gasteiger partial charge is 0.0920 e. The molecule has 0 aromatic rings. The SMILES string of the molecule is CC12CCC(CCCCCO)CC1O2. The van der Waals surface area contributed by atoms with E-state index in [9.17, 15) is 0 Å². The van der Waals surface area contributed by atoms with Gasteiger partial charge in [0.2, 0.25) is 0 Å². The van der Waals surface area contributed by atoms with Gasteiger partial charge in [0.15, 0.2) is 0 Å². The molecule has 2 rings (SSSR count). The third-order valence-corrected chi connectivity index (χ3v) is 3.90. The summed E-state index contributed by atoms with van der Waals surface area (Å²) >= 11 is 0. The van der Waals surface area contributed by atoms with Crippen LogP contribution in [0.4, 0.5) is 0 Å². The Hall–Kier alpha value is -0.0800. The number of epoxide rings is 1. The molecule has 1 heterocycles. The van der Waals surface area contributed by atoms with Gasteiger partial charge in [0, 0.05) is 6.61 Å². The van der Waals surface area contributed by atoms with Crippen molar-refractivity contribution in [3.05, 3.63) is 0 Å². The quantitative estimate of drug-likeness (QED) is 0.544. The molecule has 2 heteroatoms. The van der Waals surface area contributed by atoms with Crippen LogP contribution in [-0.2, 0) is 4.74 Å². The summed E-state index contributed by atoms with van der Waals surface area (Å²) in [6.07, 6.45) is 9.29. The summed E-state index contributed by atoms with van der Waals surface area (Å²) in [6, 6.07) is 0. The van der Waals surface area contributed by atoms with Crippen molar-refractivity contribution in [1.29, 1.82) is 0 Å². The van der Waals surface area contributed by atoms with Crippen LogP contribution < -0.4 is 0 Å². The number of hydrogen-bond acceptors (Lipinski definition) is 2. The van der Waals surface area contributed by atoms with E-state index in [1.165, 1.54) is 38.5 Å². The summed E-state index contributed by atoms with van der Waals surface area (Å²) in [6.45, 7) is 2.61. The molecule has 0 amide bonds. The first-order valence-corrected chi connectivity index (χ1v) is 6.03. The van der Waals surface area contributed by atoms with Gasteiger partial charge in [-0.05, 0) is 38.5 Å². The van der Waals surface area contributed by atoms with Crippen molar-refractivity contribution in [2.45, 2.75) is 63.6 Å². The monoisotopic (exact) mass is 198 g/mol. The molecule has 82 valence electrons. The van der Waals surface area contributed by atoms with E-state index in [-0.39, 0.29) is 5.60 Å². The maximum atomic E-state index is 8.67. The first-order chi connectivity index (χ1) is 6.74. The Balaban J connectivity index is 1.59. The van der Waals surface area contributed by atoms with Crippen LogP contribution in [0.3, 0.4) is 0 Å². The maximum absolute atomic E-state index is 8.67. The Morgan fingerprint density at radius 2 is 2.21 bits per heavy atom. The van der Waals surface area contributed by atoms with Gasteiger partial charge in [-0.2, -0.15) is 0 Å². The first kappa shape index (κ1) is 10.4. The first-order valence-electron chi connectivity index (χ1n) is 6.03. The Morgan fingerprint density at radius 1 is 1.36 bits per heavy atom. The number of aliphatic hydroxyl groups excluding tert-OH is 1. The lowest BCUT2D eigenvalue weighted by Crippen LogP contribution is -2.21. The summed E-state index contributed by atoms with van der Waals surface area (Å²) < 4.78 is 5.68. The summed E-state index contributed by atoms with van der Waals surface area (Å²) in [5.74, 6) is 0.897. The lowest BCUT2D eigenvalue weighted by atomic mass is 9.80. The molecule has 2 nitrogen and oxygen atoms in total. The summed E-state index contributed by atoms with van der Waals surface area (Å²) in [7, 11) is 0. The van der Waals surface area contributed by atoms with Crippen LogP contribution in [0.15, 0.2) is 0 Å². The Bertz CT molecular complexity index is 193.